The molecule has 0 radical (unpaired) electrons. The summed E-state index contributed by atoms with van der Waals surface area (Å²) in [6.07, 6.45) is 0. The minimum atomic E-state index is -0.0821. The van der Waals surface area contributed by atoms with Crippen LogP contribution in [-0.4, -0.2) is 28.7 Å². The highest BCUT2D eigenvalue weighted by atomic mass is 32.2. The summed E-state index contributed by atoms with van der Waals surface area (Å²) in [5.41, 5.74) is 1.83. The molecule has 1 aliphatic rings. The van der Waals surface area contributed by atoms with Crippen LogP contribution in [-0.2, 0) is 17.9 Å². The van der Waals surface area contributed by atoms with Crippen LogP contribution in [0, 0.1) is 0 Å². The van der Waals surface area contributed by atoms with Crippen molar-refractivity contribution < 1.29 is 9.90 Å². The van der Waals surface area contributed by atoms with Gasteiger partial charge < -0.3 is 10.4 Å². The second-order valence-electron chi connectivity index (χ2n) is 3.92. The van der Waals surface area contributed by atoms with Gasteiger partial charge in [-0.1, -0.05) is 24.3 Å². The second kappa shape index (κ2) is 6.05. The molecule has 1 heterocycles. The van der Waals surface area contributed by atoms with Crippen LogP contribution in [0.25, 0.3) is 0 Å². The van der Waals surface area contributed by atoms with Crippen molar-refractivity contribution >= 4 is 17.7 Å². The van der Waals surface area contributed by atoms with Gasteiger partial charge in [0.1, 0.15) is 0 Å². The van der Waals surface area contributed by atoms with E-state index < -0.39 is 0 Å². The zero-order valence-corrected chi connectivity index (χ0v) is 10.3. The standard InChI is InChI=1S/C12H16N2O2S/c15-6-10-4-2-1-3-9(10)5-13-12(16)11-7-17-8-14-11/h1-4,11,14-15H,5-8H2,(H,13,16)/t11-/m1/s1. The fourth-order valence-electron chi connectivity index (χ4n) is 1.75. The van der Waals surface area contributed by atoms with Gasteiger partial charge in [-0.3, -0.25) is 10.1 Å². The van der Waals surface area contributed by atoms with E-state index in [0.717, 1.165) is 22.8 Å². The van der Waals surface area contributed by atoms with E-state index in [1.807, 2.05) is 24.3 Å². The van der Waals surface area contributed by atoms with Crippen molar-refractivity contribution in [1.29, 1.82) is 0 Å². The molecule has 17 heavy (non-hydrogen) atoms. The summed E-state index contributed by atoms with van der Waals surface area (Å²) >= 11 is 1.73. The maximum Gasteiger partial charge on any atom is 0.238 e. The Bertz CT molecular complexity index is 392. The molecule has 0 aliphatic carbocycles. The molecule has 0 aromatic heterocycles. The Morgan fingerprint density at radius 2 is 2.24 bits per heavy atom. The van der Waals surface area contributed by atoms with Gasteiger partial charge in [0.25, 0.3) is 0 Å². The molecular weight excluding hydrogens is 236 g/mol. The average Bonchev–Trinajstić information content (AvgIpc) is 2.90. The summed E-state index contributed by atoms with van der Waals surface area (Å²) in [7, 11) is 0. The van der Waals surface area contributed by atoms with Gasteiger partial charge in [0.15, 0.2) is 0 Å². The number of benzene rings is 1. The van der Waals surface area contributed by atoms with Crippen molar-refractivity contribution in [1.82, 2.24) is 10.6 Å². The molecule has 1 amide bonds. The number of amides is 1. The van der Waals surface area contributed by atoms with Crippen molar-refractivity contribution in [2.75, 3.05) is 11.6 Å². The quantitative estimate of drug-likeness (QED) is 0.728. The van der Waals surface area contributed by atoms with Crippen LogP contribution < -0.4 is 10.6 Å². The number of hydrogen-bond acceptors (Lipinski definition) is 4. The number of aliphatic hydroxyl groups is 1. The summed E-state index contributed by atoms with van der Waals surface area (Å²) < 4.78 is 0. The summed E-state index contributed by atoms with van der Waals surface area (Å²) in [4.78, 5) is 11.8. The van der Waals surface area contributed by atoms with Gasteiger partial charge in [-0.05, 0) is 11.1 Å². The lowest BCUT2D eigenvalue weighted by Gasteiger charge is -2.12. The predicted molar refractivity (Wildman–Crippen MR) is 68.5 cm³/mol. The number of hydrogen-bond donors (Lipinski definition) is 3. The van der Waals surface area contributed by atoms with Crippen LogP contribution in [0.5, 0.6) is 0 Å². The van der Waals surface area contributed by atoms with Gasteiger partial charge in [0.2, 0.25) is 5.91 Å². The Morgan fingerprint density at radius 3 is 2.88 bits per heavy atom. The topological polar surface area (TPSA) is 61.4 Å². The van der Waals surface area contributed by atoms with Crippen LogP contribution in [0.15, 0.2) is 24.3 Å². The van der Waals surface area contributed by atoms with Gasteiger partial charge in [-0.2, -0.15) is 0 Å². The van der Waals surface area contributed by atoms with E-state index in [1.165, 1.54) is 0 Å². The molecule has 1 atom stereocenters. The van der Waals surface area contributed by atoms with Crippen LogP contribution in [0.2, 0.25) is 0 Å². The maximum atomic E-state index is 11.8. The molecule has 1 aromatic rings. The number of aliphatic hydroxyl groups excluding tert-OH is 1. The van der Waals surface area contributed by atoms with Gasteiger partial charge in [-0.15, -0.1) is 11.8 Å². The lowest BCUT2D eigenvalue weighted by atomic mass is 10.1. The SMILES string of the molecule is O=C(NCc1ccccc1CO)[C@H]1CSCN1. The molecule has 92 valence electrons. The van der Waals surface area contributed by atoms with E-state index in [2.05, 4.69) is 10.6 Å². The zero-order valence-electron chi connectivity index (χ0n) is 9.48. The predicted octanol–water partition coefficient (Wildman–Crippen LogP) is 0.458. The number of nitrogens with one attached hydrogen (secondary N) is 2. The number of thioether (sulfide) groups is 1. The first-order chi connectivity index (χ1) is 8.31. The third-order valence-electron chi connectivity index (χ3n) is 2.77. The van der Waals surface area contributed by atoms with Gasteiger partial charge in [0.05, 0.1) is 12.6 Å². The van der Waals surface area contributed by atoms with Crippen LogP contribution in [0.4, 0.5) is 0 Å². The molecule has 0 unspecified atom stereocenters. The zero-order chi connectivity index (χ0) is 12.1. The van der Waals surface area contributed by atoms with E-state index in [1.54, 1.807) is 11.8 Å². The Balaban J connectivity index is 1.90. The Labute approximate surface area is 105 Å². The highest BCUT2D eigenvalue weighted by Crippen LogP contribution is 2.11. The minimum absolute atomic E-state index is 0.00355. The van der Waals surface area contributed by atoms with Crippen molar-refractivity contribution in [2.24, 2.45) is 0 Å². The first kappa shape index (κ1) is 12.4. The number of rotatable bonds is 4. The maximum absolute atomic E-state index is 11.8. The fraction of sp³-hybridized carbons (Fsp3) is 0.417. The van der Waals surface area contributed by atoms with Crippen molar-refractivity contribution in [3.63, 3.8) is 0 Å². The molecule has 0 saturated carbocycles. The van der Waals surface area contributed by atoms with Crippen molar-refractivity contribution in [3.05, 3.63) is 35.4 Å². The molecule has 1 aromatic carbocycles. The highest BCUT2D eigenvalue weighted by Gasteiger charge is 2.21. The van der Waals surface area contributed by atoms with E-state index >= 15 is 0 Å². The van der Waals surface area contributed by atoms with E-state index in [4.69, 9.17) is 5.11 Å². The molecule has 1 aliphatic heterocycles. The minimum Gasteiger partial charge on any atom is -0.392 e. The number of carbonyl (C=O) groups excluding carboxylic acids is 1. The van der Waals surface area contributed by atoms with Gasteiger partial charge >= 0.3 is 0 Å². The van der Waals surface area contributed by atoms with Crippen LogP contribution in [0.1, 0.15) is 11.1 Å². The molecule has 0 spiro atoms. The Kier molecular flexibility index (Phi) is 4.42. The van der Waals surface area contributed by atoms with Crippen LogP contribution in [0.3, 0.4) is 0 Å². The van der Waals surface area contributed by atoms with Crippen molar-refractivity contribution in [3.8, 4) is 0 Å². The third-order valence-corrected chi connectivity index (χ3v) is 3.71. The van der Waals surface area contributed by atoms with Crippen LogP contribution >= 0.6 is 11.8 Å². The van der Waals surface area contributed by atoms with Gasteiger partial charge in [0, 0.05) is 18.2 Å². The summed E-state index contributed by atoms with van der Waals surface area (Å²) in [5.74, 6) is 1.70. The lowest BCUT2D eigenvalue weighted by molar-refractivity contribution is -0.122. The monoisotopic (exact) mass is 252 g/mol. The normalized spacial score (nSPS) is 19.2. The second-order valence-corrected chi connectivity index (χ2v) is 4.95. The highest BCUT2D eigenvalue weighted by molar-refractivity contribution is 7.99. The number of carbonyl (C=O) groups is 1. The first-order valence-corrected chi connectivity index (χ1v) is 6.73. The fourth-order valence-corrected chi connectivity index (χ4v) is 2.70. The molecule has 5 heteroatoms. The Hall–Kier alpha value is -1.04. The van der Waals surface area contributed by atoms with E-state index in [9.17, 15) is 4.79 Å². The third kappa shape index (κ3) is 3.21. The average molecular weight is 252 g/mol. The first-order valence-electron chi connectivity index (χ1n) is 5.57. The lowest BCUT2D eigenvalue weighted by Crippen LogP contribution is -2.41. The molecule has 4 nitrogen and oxygen atoms in total. The summed E-state index contributed by atoms with van der Waals surface area (Å²) in [6.45, 7) is 0.474. The van der Waals surface area contributed by atoms with Crippen molar-refractivity contribution in [2.45, 2.75) is 19.2 Å². The molecule has 0 bridgehead atoms. The molecule has 3 N–H and O–H groups in total. The summed E-state index contributed by atoms with van der Waals surface area (Å²) in [6, 6.07) is 7.49. The molecule has 1 saturated heterocycles. The summed E-state index contributed by atoms with van der Waals surface area (Å²) in [5, 5.41) is 15.2. The van der Waals surface area contributed by atoms with Gasteiger partial charge in [-0.25, -0.2) is 0 Å². The molecule has 2 rings (SSSR count). The molecule has 1 fully saturated rings. The smallest absolute Gasteiger partial charge is 0.238 e. The molecular formula is C12H16N2O2S. The van der Waals surface area contributed by atoms with E-state index in [0.29, 0.717) is 6.54 Å². The largest absolute Gasteiger partial charge is 0.392 e. The Morgan fingerprint density at radius 1 is 1.47 bits per heavy atom. The van der Waals surface area contributed by atoms with E-state index in [-0.39, 0.29) is 18.6 Å².